The summed E-state index contributed by atoms with van der Waals surface area (Å²) in [5.41, 5.74) is 1.71. The summed E-state index contributed by atoms with van der Waals surface area (Å²) in [5, 5.41) is 10.9. The van der Waals surface area contributed by atoms with Crippen molar-refractivity contribution in [2.24, 2.45) is 0 Å². The van der Waals surface area contributed by atoms with Gasteiger partial charge in [0.25, 0.3) is 5.69 Å². The van der Waals surface area contributed by atoms with Gasteiger partial charge in [0.15, 0.2) is 0 Å². The first kappa shape index (κ1) is 17.7. The first-order valence-electron chi connectivity index (χ1n) is 7.82. The quantitative estimate of drug-likeness (QED) is 0.632. The molecule has 2 rings (SSSR count). The number of aryl methyl sites for hydroxylation is 1. The molecule has 0 aliphatic carbocycles. The molecule has 1 heterocycles. The van der Waals surface area contributed by atoms with Crippen LogP contribution in [0, 0.1) is 17.0 Å². The van der Waals surface area contributed by atoms with Crippen molar-refractivity contribution in [2.75, 3.05) is 23.7 Å². The first-order chi connectivity index (χ1) is 10.8. The number of hydrogen-bond acceptors (Lipinski definition) is 5. The second-order valence-electron chi connectivity index (χ2n) is 5.93. The van der Waals surface area contributed by atoms with E-state index in [0.29, 0.717) is 12.0 Å². The molecule has 1 aromatic carbocycles. The minimum atomic E-state index is -3.18. The van der Waals surface area contributed by atoms with Crippen molar-refractivity contribution in [3.05, 3.63) is 33.9 Å². The number of nitrogens with one attached hydrogen (secondary N) is 1. The topological polar surface area (TPSA) is 92.6 Å². The number of hydrogen-bond donors (Lipinski definition) is 1. The molecular formula is C15H23N3O4S. The van der Waals surface area contributed by atoms with Gasteiger partial charge in [-0.15, -0.1) is 0 Å². The van der Waals surface area contributed by atoms with Crippen LogP contribution in [0.3, 0.4) is 0 Å². The van der Waals surface area contributed by atoms with Crippen LogP contribution in [0.1, 0.15) is 31.7 Å². The Kier molecular flexibility index (Phi) is 5.59. The van der Waals surface area contributed by atoms with Crippen molar-refractivity contribution >= 4 is 21.4 Å². The number of sulfonamides is 1. The standard InChI is InChI=1S/C15H23N3O4S/c1-3-10-23(21,22)16-13-6-8-17(9-7-13)14-4-5-15(18(19)20)12(2)11-14/h4-5,11,13,16H,3,6-10H2,1-2H3. The number of nitrogens with zero attached hydrogens (tertiary/aromatic N) is 2. The lowest BCUT2D eigenvalue weighted by Crippen LogP contribution is -2.45. The molecule has 1 aromatic rings. The molecule has 0 amide bonds. The monoisotopic (exact) mass is 341 g/mol. The highest BCUT2D eigenvalue weighted by Gasteiger charge is 2.24. The summed E-state index contributed by atoms with van der Waals surface area (Å²) in [6.07, 6.45) is 2.08. The molecule has 0 saturated carbocycles. The summed E-state index contributed by atoms with van der Waals surface area (Å²) in [5.74, 6) is 0.161. The smallest absolute Gasteiger partial charge is 0.272 e. The highest BCUT2D eigenvalue weighted by molar-refractivity contribution is 7.89. The lowest BCUT2D eigenvalue weighted by Gasteiger charge is -2.34. The van der Waals surface area contributed by atoms with E-state index in [1.807, 2.05) is 13.0 Å². The van der Waals surface area contributed by atoms with Crippen LogP contribution in [0.15, 0.2) is 18.2 Å². The normalized spacial score (nSPS) is 16.5. The molecule has 1 aliphatic heterocycles. The van der Waals surface area contributed by atoms with Crippen LogP contribution in [0.4, 0.5) is 11.4 Å². The average Bonchev–Trinajstić information content (AvgIpc) is 2.47. The Balaban J connectivity index is 1.97. The third kappa shape index (κ3) is 4.65. The highest BCUT2D eigenvalue weighted by Crippen LogP contribution is 2.26. The van der Waals surface area contributed by atoms with E-state index in [9.17, 15) is 18.5 Å². The van der Waals surface area contributed by atoms with Crippen molar-refractivity contribution < 1.29 is 13.3 Å². The number of benzene rings is 1. The van der Waals surface area contributed by atoms with Crippen LogP contribution in [0.2, 0.25) is 0 Å². The molecule has 0 radical (unpaired) electrons. The van der Waals surface area contributed by atoms with Gasteiger partial charge >= 0.3 is 0 Å². The minimum Gasteiger partial charge on any atom is -0.371 e. The molecule has 1 fully saturated rings. The van der Waals surface area contributed by atoms with Gasteiger partial charge in [-0.05, 0) is 38.3 Å². The van der Waals surface area contributed by atoms with Crippen molar-refractivity contribution in [3.63, 3.8) is 0 Å². The molecule has 0 atom stereocenters. The lowest BCUT2D eigenvalue weighted by molar-refractivity contribution is -0.385. The minimum absolute atomic E-state index is 0.0260. The largest absolute Gasteiger partial charge is 0.371 e. The van der Waals surface area contributed by atoms with E-state index in [1.54, 1.807) is 13.0 Å². The van der Waals surface area contributed by atoms with Gasteiger partial charge in [0, 0.05) is 36.4 Å². The van der Waals surface area contributed by atoms with Gasteiger partial charge in [0.2, 0.25) is 10.0 Å². The maximum absolute atomic E-state index is 11.8. The Morgan fingerprint density at radius 1 is 1.35 bits per heavy atom. The summed E-state index contributed by atoms with van der Waals surface area (Å²) in [6, 6.07) is 5.08. The summed E-state index contributed by atoms with van der Waals surface area (Å²) >= 11 is 0. The predicted molar refractivity (Wildman–Crippen MR) is 90.3 cm³/mol. The van der Waals surface area contributed by atoms with Crippen molar-refractivity contribution in [2.45, 2.75) is 39.2 Å². The lowest BCUT2D eigenvalue weighted by atomic mass is 10.0. The van der Waals surface area contributed by atoms with Crippen LogP contribution in [0.25, 0.3) is 0 Å². The van der Waals surface area contributed by atoms with Crippen LogP contribution >= 0.6 is 0 Å². The molecule has 128 valence electrons. The van der Waals surface area contributed by atoms with Gasteiger partial charge in [-0.25, -0.2) is 13.1 Å². The van der Waals surface area contributed by atoms with Crippen LogP contribution < -0.4 is 9.62 Å². The van der Waals surface area contributed by atoms with E-state index in [-0.39, 0.29) is 22.4 Å². The first-order valence-corrected chi connectivity index (χ1v) is 9.47. The zero-order valence-corrected chi connectivity index (χ0v) is 14.3. The fraction of sp³-hybridized carbons (Fsp3) is 0.600. The zero-order valence-electron chi connectivity index (χ0n) is 13.5. The summed E-state index contributed by atoms with van der Waals surface area (Å²) < 4.78 is 26.4. The number of nitro groups is 1. The summed E-state index contributed by atoms with van der Waals surface area (Å²) in [6.45, 7) is 5.04. The van der Waals surface area contributed by atoms with E-state index >= 15 is 0 Å². The van der Waals surface area contributed by atoms with Gasteiger partial charge in [-0.2, -0.15) is 0 Å². The van der Waals surface area contributed by atoms with E-state index in [0.717, 1.165) is 31.6 Å². The highest BCUT2D eigenvalue weighted by atomic mass is 32.2. The molecule has 7 nitrogen and oxygen atoms in total. The maximum Gasteiger partial charge on any atom is 0.272 e. The van der Waals surface area contributed by atoms with Crippen molar-refractivity contribution in [1.29, 1.82) is 0 Å². The van der Waals surface area contributed by atoms with E-state index < -0.39 is 10.0 Å². The average molecular weight is 341 g/mol. The third-order valence-electron chi connectivity index (χ3n) is 4.06. The molecule has 1 aliphatic rings. The molecule has 1 N–H and O–H groups in total. The Morgan fingerprint density at radius 3 is 2.52 bits per heavy atom. The summed E-state index contributed by atoms with van der Waals surface area (Å²) in [4.78, 5) is 12.6. The fourth-order valence-electron chi connectivity index (χ4n) is 2.88. The fourth-order valence-corrected chi connectivity index (χ4v) is 4.28. The molecule has 0 aromatic heterocycles. The Labute approximate surface area is 136 Å². The van der Waals surface area contributed by atoms with Gasteiger partial charge in [-0.1, -0.05) is 6.92 Å². The molecule has 23 heavy (non-hydrogen) atoms. The third-order valence-corrected chi connectivity index (χ3v) is 5.69. The molecule has 1 saturated heterocycles. The molecule has 0 bridgehead atoms. The Morgan fingerprint density at radius 2 is 2.00 bits per heavy atom. The van der Waals surface area contributed by atoms with E-state index in [1.165, 1.54) is 6.07 Å². The maximum atomic E-state index is 11.8. The number of piperidine rings is 1. The van der Waals surface area contributed by atoms with E-state index in [4.69, 9.17) is 0 Å². The molecule has 0 unspecified atom stereocenters. The van der Waals surface area contributed by atoms with Gasteiger partial charge in [0.05, 0.1) is 10.7 Å². The van der Waals surface area contributed by atoms with Crippen molar-refractivity contribution in [3.8, 4) is 0 Å². The van der Waals surface area contributed by atoms with Gasteiger partial charge in [0.1, 0.15) is 0 Å². The van der Waals surface area contributed by atoms with Crippen LogP contribution in [0.5, 0.6) is 0 Å². The number of rotatable bonds is 6. The predicted octanol–water partition coefficient (Wildman–Crippen LogP) is 2.20. The van der Waals surface area contributed by atoms with Gasteiger partial charge in [-0.3, -0.25) is 10.1 Å². The number of nitro benzene ring substituents is 1. The SMILES string of the molecule is CCCS(=O)(=O)NC1CCN(c2ccc([N+](=O)[O-])c(C)c2)CC1. The second-order valence-corrected chi connectivity index (χ2v) is 7.80. The second kappa shape index (κ2) is 7.27. The van der Waals surface area contributed by atoms with Crippen LogP contribution in [-0.2, 0) is 10.0 Å². The zero-order chi connectivity index (χ0) is 17.0. The molecule has 8 heteroatoms. The molecule has 0 spiro atoms. The summed E-state index contributed by atoms with van der Waals surface area (Å²) in [7, 11) is -3.18. The van der Waals surface area contributed by atoms with E-state index in [2.05, 4.69) is 9.62 Å². The van der Waals surface area contributed by atoms with Crippen molar-refractivity contribution in [1.82, 2.24) is 4.72 Å². The Bertz CT molecular complexity index is 667. The molecular weight excluding hydrogens is 318 g/mol. The van der Waals surface area contributed by atoms with Crippen LogP contribution in [-0.4, -0.2) is 38.2 Å². The Hall–Kier alpha value is -1.67. The number of anilines is 1. The van der Waals surface area contributed by atoms with Gasteiger partial charge < -0.3 is 4.90 Å².